The number of aliphatic hydroxyl groups excluding tert-OH is 1. The molecular formula is C8H16O2. The molecule has 0 amide bonds. The van der Waals surface area contributed by atoms with Crippen LogP contribution in [0.1, 0.15) is 32.6 Å². The second kappa shape index (κ2) is 3.35. The van der Waals surface area contributed by atoms with Crippen molar-refractivity contribution in [2.24, 2.45) is 11.8 Å². The molecule has 0 radical (unpaired) electrons. The van der Waals surface area contributed by atoms with E-state index in [1.165, 1.54) is 6.42 Å². The standard InChI is InChI=1S/C8H16O2/c1-6-4-2-3-5-7(6)8(9)10/h6-10H,2-5H2,1H3/t6-,7-/m0/s1. The van der Waals surface area contributed by atoms with Crippen molar-refractivity contribution >= 4 is 0 Å². The maximum absolute atomic E-state index is 8.90. The molecule has 0 bridgehead atoms. The highest BCUT2D eigenvalue weighted by Gasteiger charge is 2.25. The monoisotopic (exact) mass is 144 g/mol. The van der Waals surface area contributed by atoms with Crippen molar-refractivity contribution in [3.8, 4) is 0 Å². The summed E-state index contributed by atoms with van der Waals surface area (Å²) in [4.78, 5) is 0. The summed E-state index contributed by atoms with van der Waals surface area (Å²) in [6, 6.07) is 0. The third kappa shape index (κ3) is 1.70. The van der Waals surface area contributed by atoms with Crippen LogP contribution in [0.25, 0.3) is 0 Å². The summed E-state index contributed by atoms with van der Waals surface area (Å²) >= 11 is 0. The van der Waals surface area contributed by atoms with Crippen LogP contribution in [0.5, 0.6) is 0 Å². The third-order valence-electron chi connectivity index (χ3n) is 2.56. The van der Waals surface area contributed by atoms with Gasteiger partial charge in [0.15, 0.2) is 6.29 Å². The molecule has 1 fully saturated rings. The minimum Gasteiger partial charge on any atom is -0.368 e. The molecule has 0 unspecified atom stereocenters. The summed E-state index contributed by atoms with van der Waals surface area (Å²) in [5, 5.41) is 17.8. The number of hydrogen-bond donors (Lipinski definition) is 2. The van der Waals surface area contributed by atoms with Crippen molar-refractivity contribution in [3.63, 3.8) is 0 Å². The van der Waals surface area contributed by atoms with Gasteiger partial charge in [0.2, 0.25) is 0 Å². The molecule has 2 N–H and O–H groups in total. The smallest absolute Gasteiger partial charge is 0.154 e. The molecule has 1 rings (SSSR count). The van der Waals surface area contributed by atoms with E-state index in [4.69, 9.17) is 10.2 Å². The molecule has 0 aromatic carbocycles. The van der Waals surface area contributed by atoms with Crippen LogP contribution in [0.4, 0.5) is 0 Å². The lowest BCUT2D eigenvalue weighted by Crippen LogP contribution is -2.28. The van der Waals surface area contributed by atoms with Gasteiger partial charge in [0.25, 0.3) is 0 Å². The van der Waals surface area contributed by atoms with E-state index < -0.39 is 6.29 Å². The number of hydrogen-bond acceptors (Lipinski definition) is 2. The molecule has 60 valence electrons. The minimum atomic E-state index is -1.09. The average Bonchev–Trinajstić information content (AvgIpc) is 1.88. The van der Waals surface area contributed by atoms with Crippen LogP contribution in [0.2, 0.25) is 0 Å². The van der Waals surface area contributed by atoms with Crippen LogP contribution >= 0.6 is 0 Å². The highest BCUT2D eigenvalue weighted by Crippen LogP contribution is 2.30. The Kier molecular flexibility index (Phi) is 2.69. The Balaban J connectivity index is 2.40. The maximum Gasteiger partial charge on any atom is 0.154 e. The van der Waals surface area contributed by atoms with Gasteiger partial charge in [-0.3, -0.25) is 0 Å². The molecular weight excluding hydrogens is 128 g/mol. The number of aliphatic hydroxyl groups is 2. The van der Waals surface area contributed by atoms with Crippen molar-refractivity contribution in [1.82, 2.24) is 0 Å². The molecule has 2 heteroatoms. The van der Waals surface area contributed by atoms with E-state index in [9.17, 15) is 0 Å². The van der Waals surface area contributed by atoms with Crippen molar-refractivity contribution in [3.05, 3.63) is 0 Å². The summed E-state index contributed by atoms with van der Waals surface area (Å²) in [7, 11) is 0. The molecule has 1 aliphatic rings. The van der Waals surface area contributed by atoms with Crippen LogP contribution in [0.3, 0.4) is 0 Å². The first-order valence-electron chi connectivity index (χ1n) is 4.08. The molecule has 2 nitrogen and oxygen atoms in total. The Bertz CT molecular complexity index is 101. The second-order valence-corrected chi connectivity index (χ2v) is 3.34. The molecule has 10 heavy (non-hydrogen) atoms. The van der Waals surface area contributed by atoms with Crippen LogP contribution in [-0.2, 0) is 0 Å². The summed E-state index contributed by atoms with van der Waals surface area (Å²) in [5.74, 6) is 0.627. The van der Waals surface area contributed by atoms with E-state index >= 15 is 0 Å². The van der Waals surface area contributed by atoms with Crippen LogP contribution in [0, 0.1) is 11.8 Å². The molecule has 1 saturated carbocycles. The van der Waals surface area contributed by atoms with Crippen LogP contribution < -0.4 is 0 Å². The quantitative estimate of drug-likeness (QED) is 0.541. The van der Waals surface area contributed by atoms with Crippen molar-refractivity contribution < 1.29 is 10.2 Å². The zero-order valence-electron chi connectivity index (χ0n) is 6.45. The zero-order valence-corrected chi connectivity index (χ0v) is 6.45. The first kappa shape index (κ1) is 8.02. The predicted molar refractivity (Wildman–Crippen MR) is 39.3 cm³/mol. The van der Waals surface area contributed by atoms with E-state index in [0.717, 1.165) is 19.3 Å². The van der Waals surface area contributed by atoms with Gasteiger partial charge in [0.05, 0.1) is 0 Å². The molecule has 1 aliphatic carbocycles. The molecule has 0 heterocycles. The molecule has 2 atom stereocenters. The Morgan fingerprint density at radius 2 is 1.80 bits per heavy atom. The van der Waals surface area contributed by atoms with Crippen LogP contribution in [0.15, 0.2) is 0 Å². The van der Waals surface area contributed by atoms with Gasteiger partial charge in [0, 0.05) is 5.92 Å². The average molecular weight is 144 g/mol. The summed E-state index contributed by atoms with van der Waals surface area (Å²) in [5.41, 5.74) is 0. The van der Waals surface area contributed by atoms with Gasteiger partial charge in [-0.05, 0) is 12.3 Å². The Labute approximate surface area is 61.9 Å². The topological polar surface area (TPSA) is 40.5 Å². The van der Waals surface area contributed by atoms with Gasteiger partial charge in [-0.1, -0.05) is 26.2 Å². The first-order chi connectivity index (χ1) is 4.72. The van der Waals surface area contributed by atoms with Gasteiger partial charge in [-0.2, -0.15) is 0 Å². The highest BCUT2D eigenvalue weighted by molar-refractivity contribution is 4.73. The third-order valence-corrected chi connectivity index (χ3v) is 2.56. The van der Waals surface area contributed by atoms with E-state index in [1.54, 1.807) is 0 Å². The fraction of sp³-hybridized carbons (Fsp3) is 1.00. The predicted octanol–water partition coefficient (Wildman–Crippen LogP) is 1.12. The Hall–Kier alpha value is -0.0800. The molecule has 0 saturated heterocycles. The lowest BCUT2D eigenvalue weighted by Gasteiger charge is -2.29. The lowest BCUT2D eigenvalue weighted by atomic mass is 9.80. The Morgan fingerprint density at radius 1 is 1.20 bits per heavy atom. The maximum atomic E-state index is 8.90. The van der Waals surface area contributed by atoms with Crippen molar-refractivity contribution in [1.29, 1.82) is 0 Å². The zero-order chi connectivity index (χ0) is 7.56. The molecule has 0 aromatic heterocycles. The van der Waals surface area contributed by atoms with Crippen molar-refractivity contribution in [2.45, 2.75) is 38.9 Å². The minimum absolute atomic E-state index is 0.133. The van der Waals surface area contributed by atoms with Crippen molar-refractivity contribution in [2.75, 3.05) is 0 Å². The van der Waals surface area contributed by atoms with E-state index in [-0.39, 0.29) is 5.92 Å². The number of rotatable bonds is 1. The van der Waals surface area contributed by atoms with Gasteiger partial charge in [-0.25, -0.2) is 0 Å². The van der Waals surface area contributed by atoms with Crippen LogP contribution in [-0.4, -0.2) is 16.5 Å². The van der Waals surface area contributed by atoms with E-state index in [0.29, 0.717) is 5.92 Å². The molecule has 0 spiro atoms. The lowest BCUT2D eigenvalue weighted by molar-refractivity contribution is -0.107. The largest absolute Gasteiger partial charge is 0.368 e. The SMILES string of the molecule is C[C@H]1CCCC[C@@H]1C(O)O. The van der Waals surface area contributed by atoms with E-state index in [2.05, 4.69) is 6.92 Å². The molecule has 0 aromatic rings. The van der Waals surface area contributed by atoms with Gasteiger partial charge < -0.3 is 10.2 Å². The normalized spacial score (nSPS) is 34.8. The van der Waals surface area contributed by atoms with Gasteiger partial charge in [-0.15, -0.1) is 0 Å². The summed E-state index contributed by atoms with van der Waals surface area (Å²) < 4.78 is 0. The summed E-state index contributed by atoms with van der Waals surface area (Å²) in [6.07, 6.45) is 3.47. The summed E-state index contributed by atoms with van der Waals surface area (Å²) in [6.45, 7) is 2.10. The second-order valence-electron chi connectivity index (χ2n) is 3.34. The fourth-order valence-corrected chi connectivity index (χ4v) is 1.79. The fourth-order valence-electron chi connectivity index (χ4n) is 1.79. The Morgan fingerprint density at radius 3 is 2.20 bits per heavy atom. The van der Waals surface area contributed by atoms with E-state index in [1.807, 2.05) is 0 Å². The van der Waals surface area contributed by atoms with Gasteiger partial charge >= 0.3 is 0 Å². The molecule has 0 aliphatic heterocycles. The highest BCUT2D eigenvalue weighted by atomic mass is 16.5. The first-order valence-corrected chi connectivity index (χ1v) is 4.08. The van der Waals surface area contributed by atoms with Gasteiger partial charge in [0.1, 0.15) is 0 Å².